The summed E-state index contributed by atoms with van der Waals surface area (Å²) < 4.78 is 0. The van der Waals surface area contributed by atoms with Crippen LogP contribution in [-0.2, 0) is 4.79 Å². The number of amides is 2. The van der Waals surface area contributed by atoms with Crippen molar-refractivity contribution in [2.45, 2.75) is 18.5 Å². The minimum atomic E-state index is -1.12. The maximum atomic E-state index is 10.7. The van der Waals surface area contributed by atoms with Crippen molar-refractivity contribution in [1.82, 2.24) is 10.6 Å². The average molecular weight is 173 g/mol. The Morgan fingerprint density at radius 1 is 1.75 bits per heavy atom. The minimum absolute atomic E-state index is 0.133. The Morgan fingerprint density at radius 3 is 2.92 bits per heavy atom. The van der Waals surface area contributed by atoms with Crippen molar-refractivity contribution in [2.75, 3.05) is 6.54 Å². The van der Waals surface area contributed by atoms with Crippen LogP contribution in [0, 0.1) is 0 Å². The van der Waals surface area contributed by atoms with Crippen LogP contribution in [0.15, 0.2) is 0 Å². The van der Waals surface area contributed by atoms with Gasteiger partial charge in [-0.3, -0.25) is 4.79 Å². The first kappa shape index (κ1) is 8.79. The Bertz CT molecular complexity index is 206. The molecule has 0 bridgehead atoms. The van der Waals surface area contributed by atoms with E-state index in [1.807, 2.05) is 0 Å². The van der Waals surface area contributed by atoms with Gasteiger partial charge in [0.1, 0.15) is 0 Å². The van der Waals surface area contributed by atoms with Crippen molar-refractivity contribution in [3.8, 4) is 0 Å². The van der Waals surface area contributed by atoms with E-state index in [9.17, 15) is 9.59 Å². The first-order valence-corrected chi connectivity index (χ1v) is 3.61. The molecule has 68 valence electrons. The van der Waals surface area contributed by atoms with Crippen LogP contribution in [0.1, 0.15) is 6.42 Å². The highest BCUT2D eigenvalue weighted by molar-refractivity contribution is 5.78. The van der Waals surface area contributed by atoms with E-state index in [0.29, 0.717) is 0 Å². The van der Waals surface area contributed by atoms with E-state index in [1.165, 1.54) is 0 Å². The third-order valence-electron chi connectivity index (χ3n) is 1.77. The van der Waals surface area contributed by atoms with Gasteiger partial charge in [0, 0.05) is 19.0 Å². The van der Waals surface area contributed by atoms with E-state index in [-0.39, 0.29) is 24.9 Å². The van der Waals surface area contributed by atoms with Gasteiger partial charge in [0.2, 0.25) is 5.91 Å². The molecular weight excluding hydrogens is 162 g/mol. The number of rotatable bonds is 1. The number of hydrogen-bond acceptors (Lipinski definition) is 3. The van der Waals surface area contributed by atoms with Gasteiger partial charge in [-0.2, -0.15) is 0 Å². The number of carbonyl (C=O) groups is 2. The predicted octanol–water partition coefficient (Wildman–Crippen LogP) is -1.53. The van der Waals surface area contributed by atoms with Crippen molar-refractivity contribution in [3.05, 3.63) is 0 Å². The smallest absolute Gasteiger partial charge is 0.404 e. The Balaban J connectivity index is 2.45. The van der Waals surface area contributed by atoms with Gasteiger partial charge in [0.05, 0.1) is 6.04 Å². The second-order valence-electron chi connectivity index (χ2n) is 2.73. The summed E-state index contributed by atoms with van der Waals surface area (Å²) in [6, 6.07) is -0.796. The molecular formula is C6H11N3O3. The fourth-order valence-electron chi connectivity index (χ4n) is 1.12. The lowest BCUT2D eigenvalue weighted by atomic mass is 10.0. The van der Waals surface area contributed by atoms with Crippen LogP contribution in [0.5, 0.6) is 0 Å². The fourth-order valence-corrected chi connectivity index (χ4v) is 1.12. The molecule has 0 saturated carbocycles. The molecule has 0 radical (unpaired) electrons. The molecule has 0 aromatic carbocycles. The normalized spacial score (nSPS) is 29.2. The van der Waals surface area contributed by atoms with E-state index in [1.54, 1.807) is 0 Å². The van der Waals surface area contributed by atoms with Crippen LogP contribution in [0.4, 0.5) is 4.79 Å². The van der Waals surface area contributed by atoms with E-state index in [4.69, 9.17) is 10.8 Å². The van der Waals surface area contributed by atoms with Crippen LogP contribution in [0.3, 0.4) is 0 Å². The van der Waals surface area contributed by atoms with Gasteiger partial charge in [-0.15, -0.1) is 0 Å². The number of carboxylic acid groups (broad SMARTS) is 1. The standard InChI is InChI=1S/C6H11N3O3/c7-3-1-5(10)8-2-4(3)9-6(11)12/h3-4,9H,1-2,7H2,(H,8,10)(H,11,12). The molecule has 1 saturated heterocycles. The summed E-state index contributed by atoms with van der Waals surface area (Å²) in [4.78, 5) is 21.0. The zero-order valence-electron chi connectivity index (χ0n) is 6.41. The topological polar surface area (TPSA) is 104 Å². The molecule has 0 aliphatic carbocycles. The molecule has 0 spiro atoms. The lowest BCUT2D eigenvalue weighted by molar-refractivity contribution is -0.122. The molecule has 12 heavy (non-hydrogen) atoms. The molecule has 2 unspecified atom stereocenters. The van der Waals surface area contributed by atoms with Crippen molar-refractivity contribution in [3.63, 3.8) is 0 Å². The third-order valence-corrected chi connectivity index (χ3v) is 1.77. The van der Waals surface area contributed by atoms with Gasteiger partial charge in [0.15, 0.2) is 0 Å². The van der Waals surface area contributed by atoms with Gasteiger partial charge < -0.3 is 21.5 Å². The van der Waals surface area contributed by atoms with Crippen molar-refractivity contribution in [2.24, 2.45) is 5.73 Å². The van der Waals surface area contributed by atoms with Crippen molar-refractivity contribution < 1.29 is 14.7 Å². The van der Waals surface area contributed by atoms with E-state index in [2.05, 4.69) is 10.6 Å². The molecule has 1 aliphatic rings. The summed E-state index contributed by atoms with van der Waals surface area (Å²) in [5.41, 5.74) is 5.53. The lowest BCUT2D eigenvalue weighted by Gasteiger charge is -2.28. The summed E-state index contributed by atoms with van der Waals surface area (Å²) in [7, 11) is 0. The molecule has 1 aliphatic heterocycles. The van der Waals surface area contributed by atoms with Crippen molar-refractivity contribution >= 4 is 12.0 Å². The predicted molar refractivity (Wildman–Crippen MR) is 40.6 cm³/mol. The Hall–Kier alpha value is -1.30. The Morgan fingerprint density at radius 2 is 2.42 bits per heavy atom. The Kier molecular flexibility index (Phi) is 2.49. The summed E-state index contributed by atoms with van der Waals surface area (Å²) in [6.07, 6.45) is -0.947. The molecule has 5 N–H and O–H groups in total. The lowest BCUT2D eigenvalue weighted by Crippen LogP contribution is -2.58. The molecule has 0 aromatic rings. The molecule has 6 heteroatoms. The number of hydrogen-bond donors (Lipinski definition) is 4. The van der Waals surface area contributed by atoms with Gasteiger partial charge in [-0.25, -0.2) is 4.79 Å². The minimum Gasteiger partial charge on any atom is -0.465 e. The number of nitrogens with one attached hydrogen (secondary N) is 2. The van der Waals surface area contributed by atoms with Gasteiger partial charge in [-0.05, 0) is 0 Å². The zero-order valence-corrected chi connectivity index (χ0v) is 6.41. The quantitative estimate of drug-likeness (QED) is 0.386. The molecule has 1 heterocycles. The highest BCUT2D eigenvalue weighted by atomic mass is 16.4. The second-order valence-corrected chi connectivity index (χ2v) is 2.73. The number of carbonyl (C=O) groups excluding carboxylic acids is 1. The summed E-state index contributed by atoms with van der Waals surface area (Å²) >= 11 is 0. The van der Waals surface area contributed by atoms with Crippen LogP contribution < -0.4 is 16.4 Å². The van der Waals surface area contributed by atoms with Crippen LogP contribution in [0.2, 0.25) is 0 Å². The largest absolute Gasteiger partial charge is 0.465 e. The number of piperidine rings is 1. The summed E-state index contributed by atoms with van der Waals surface area (Å²) in [6.45, 7) is 0.270. The molecule has 1 fully saturated rings. The molecule has 2 amide bonds. The van der Waals surface area contributed by atoms with E-state index >= 15 is 0 Å². The van der Waals surface area contributed by atoms with Crippen molar-refractivity contribution in [1.29, 1.82) is 0 Å². The summed E-state index contributed by atoms with van der Waals surface area (Å²) in [5.74, 6) is -0.133. The highest BCUT2D eigenvalue weighted by Gasteiger charge is 2.26. The maximum absolute atomic E-state index is 10.7. The van der Waals surface area contributed by atoms with Crippen LogP contribution in [-0.4, -0.2) is 35.7 Å². The first-order chi connectivity index (χ1) is 5.59. The van der Waals surface area contributed by atoms with Gasteiger partial charge in [0.25, 0.3) is 0 Å². The first-order valence-electron chi connectivity index (χ1n) is 3.61. The van der Waals surface area contributed by atoms with Crippen LogP contribution in [0.25, 0.3) is 0 Å². The van der Waals surface area contributed by atoms with E-state index < -0.39 is 12.1 Å². The Labute approximate surface area is 69.1 Å². The molecule has 1 rings (SSSR count). The monoisotopic (exact) mass is 173 g/mol. The maximum Gasteiger partial charge on any atom is 0.404 e. The second kappa shape index (κ2) is 3.40. The number of nitrogens with two attached hydrogens (primary N) is 1. The third kappa shape index (κ3) is 2.09. The molecule has 6 nitrogen and oxygen atoms in total. The van der Waals surface area contributed by atoms with Gasteiger partial charge in [-0.1, -0.05) is 0 Å². The molecule has 0 aromatic heterocycles. The van der Waals surface area contributed by atoms with Gasteiger partial charge >= 0.3 is 6.09 Å². The summed E-state index contributed by atoms with van der Waals surface area (Å²) in [5, 5.41) is 13.1. The SMILES string of the molecule is NC1CC(=O)NCC1NC(=O)O. The van der Waals surface area contributed by atoms with Crippen LogP contribution >= 0.6 is 0 Å². The molecule has 2 atom stereocenters. The zero-order chi connectivity index (χ0) is 9.14. The highest BCUT2D eigenvalue weighted by Crippen LogP contribution is 2.01. The fraction of sp³-hybridized carbons (Fsp3) is 0.667. The van der Waals surface area contributed by atoms with E-state index in [0.717, 1.165) is 0 Å². The average Bonchev–Trinajstić information content (AvgIpc) is 1.94.